The zero-order valence-electron chi connectivity index (χ0n) is 12.2. The van der Waals surface area contributed by atoms with Crippen LogP contribution >= 0.6 is 0 Å². The van der Waals surface area contributed by atoms with E-state index < -0.39 is 6.10 Å². The first-order valence-corrected chi connectivity index (χ1v) is 7.24. The van der Waals surface area contributed by atoms with Gasteiger partial charge in [-0.1, -0.05) is 26.7 Å². The van der Waals surface area contributed by atoms with Crippen molar-refractivity contribution in [2.75, 3.05) is 7.11 Å². The highest BCUT2D eigenvalue weighted by Gasteiger charge is 2.41. The molecule has 0 saturated heterocycles. The van der Waals surface area contributed by atoms with Crippen molar-refractivity contribution in [2.45, 2.75) is 52.1 Å². The first-order chi connectivity index (χ1) is 9.07. The normalized spacial score (nSPS) is 19.6. The second-order valence-electron chi connectivity index (χ2n) is 6.23. The van der Waals surface area contributed by atoms with Crippen LogP contribution in [0, 0.1) is 11.3 Å². The molecule has 19 heavy (non-hydrogen) atoms. The summed E-state index contributed by atoms with van der Waals surface area (Å²) in [4.78, 5) is 4.17. The van der Waals surface area contributed by atoms with Crippen LogP contribution in [0.25, 0.3) is 0 Å². The maximum atomic E-state index is 10.8. The number of pyridine rings is 1. The van der Waals surface area contributed by atoms with E-state index in [4.69, 9.17) is 4.74 Å². The molecule has 0 bridgehead atoms. The Bertz CT molecular complexity index is 411. The van der Waals surface area contributed by atoms with Crippen molar-refractivity contribution in [3.63, 3.8) is 0 Å². The van der Waals surface area contributed by atoms with E-state index in [1.54, 1.807) is 19.5 Å². The molecule has 1 heterocycles. The fraction of sp³-hybridized carbons (Fsp3) is 0.688. The van der Waals surface area contributed by atoms with Crippen LogP contribution in [-0.4, -0.2) is 17.2 Å². The lowest BCUT2D eigenvalue weighted by molar-refractivity contribution is 0.0108. The summed E-state index contributed by atoms with van der Waals surface area (Å²) in [6, 6.07) is 1.91. The quantitative estimate of drug-likeness (QED) is 0.880. The molecular formula is C16H25NO2. The molecule has 1 fully saturated rings. The Labute approximate surface area is 116 Å². The average Bonchev–Trinajstić information content (AvgIpc) is 2.86. The highest BCUT2D eigenvalue weighted by Crippen LogP contribution is 2.51. The van der Waals surface area contributed by atoms with Crippen molar-refractivity contribution >= 4 is 0 Å². The molecule has 1 aliphatic rings. The van der Waals surface area contributed by atoms with E-state index in [2.05, 4.69) is 18.8 Å². The van der Waals surface area contributed by atoms with Gasteiger partial charge in [-0.25, -0.2) is 0 Å². The maximum absolute atomic E-state index is 10.8. The SMILES string of the molecule is COc1cncc(C(O)C2(CC(C)C)CCCC2)c1. The molecule has 0 amide bonds. The molecule has 0 radical (unpaired) electrons. The molecule has 0 spiro atoms. The standard InChI is InChI=1S/C16H25NO2/c1-12(2)9-16(6-4-5-7-16)15(18)13-8-14(19-3)11-17-10-13/h8,10-12,15,18H,4-7,9H2,1-3H3. The molecule has 1 unspecified atom stereocenters. The van der Waals surface area contributed by atoms with Gasteiger partial charge in [0.05, 0.1) is 19.4 Å². The Morgan fingerprint density at radius 3 is 2.58 bits per heavy atom. The fourth-order valence-electron chi connectivity index (χ4n) is 3.53. The van der Waals surface area contributed by atoms with Crippen molar-refractivity contribution in [1.82, 2.24) is 4.98 Å². The zero-order chi connectivity index (χ0) is 13.9. The zero-order valence-corrected chi connectivity index (χ0v) is 12.2. The minimum absolute atomic E-state index is 0.0300. The van der Waals surface area contributed by atoms with E-state index in [9.17, 15) is 5.11 Å². The van der Waals surface area contributed by atoms with E-state index in [-0.39, 0.29) is 5.41 Å². The van der Waals surface area contributed by atoms with Crippen molar-refractivity contribution in [1.29, 1.82) is 0 Å². The molecule has 0 aromatic carbocycles. The minimum Gasteiger partial charge on any atom is -0.495 e. The lowest BCUT2D eigenvalue weighted by Gasteiger charge is -2.36. The van der Waals surface area contributed by atoms with Gasteiger partial charge >= 0.3 is 0 Å². The predicted molar refractivity (Wildman–Crippen MR) is 76.1 cm³/mol. The summed E-state index contributed by atoms with van der Waals surface area (Å²) in [6.07, 6.45) is 8.77. The summed E-state index contributed by atoms with van der Waals surface area (Å²) in [5.41, 5.74) is 0.921. The molecular weight excluding hydrogens is 238 g/mol. The summed E-state index contributed by atoms with van der Waals surface area (Å²) in [5, 5.41) is 10.8. The molecule has 1 atom stereocenters. The van der Waals surface area contributed by atoms with Gasteiger partial charge < -0.3 is 9.84 Å². The van der Waals surface area contributed by atoms with Crippen molar-refractivity contribution in [3.05, 3.63) is 24.0 Å². The first kappa shape index (κ1) is 14.3. The van der Waals surface area contributed by atoms with E-state index >= 15 is 0 Å². The summed E-state index contributed by atoms with van der Waals surface area (Å²) < 4.78 is 5.21. The van der Waals surface area contributed by atoms with Crippen LogP contribution in [0.4, 0.5) is 0 Å². The van der Waals surface area contributed by atoms with Gasteiger partial charge in [0.2, 0.25) is 0 Å². The van der Waals surface area contributed by atoms with Crippen molar-refractivity contribution in [2.24, 2.45) is 11.3 Å². The van der Waals surface area contributed by atoms with Crippen molar-refractivity contribution in [3.8, 4) is 5.75 Å². The monoisotopic (exact) mass is 263 g/mol. The average molecular weight is 263 g/mol. The summed E-state index contributed by atoms with van der Waals surface area (Å²) in [7, 11) is 1.63. The number of ether oxygens (including phenoxy) is 1. The summed E-state index contributed by atoms with van der Waals surface area (Å²) in [5.74, 6) is 1.32. The first-order valence-electron chi connectivity index (χ1n) is 7.24. The Morgan fingerprint density at radius 2 is 2.00 bits per heavy atom. The number of hydrogen-bond donors (Lipinski definition) is 1. The van der Waals surface area contributed by atoms with Crippen molar-refractivity contribution < 1.29 is 9.84 Å². The van der Waals surface area contributed by atoms with Crippen LogP contribution in [0.5, 0.6) is 5.75 Å². The highest BCUT2D eigenvalue weighted by atomic mass is 16.5. The molecule has 0 aliphatic heterocycles. The van der Waals surface area contributed by atoms with E-state index in [0.29, 0.717) is 11.7 Å². The molecule has 106 valence electrons. The number of nitrogens with zero attached hydrogens (tertiary/aromatic N) is 1. The van der Waals surface area contributed by atoms with E-state index in [1.165, 1.54) is 12.8 Å². The molecule has 3 heteroatoms. The Hall–Kier alpha value is -1.09. The molecule has 1 aliphatic carbocycles. The predicted octanol–water partition coefficient (Wildman–Crippen LogP) is 3.73. The fourth-order valence-corrected chi connectivity index (χ4v) is 3.53. The lowest BCUT2D eigenvalue weighted by atomic mass is 9.72. The van der Waals surface area contributed by atoms with Gasteiger partial charge in [-0.05, 0) is 31.2 Å². The minimum atomic E-state index is -0.431. The van der Waals surface area contributed by atoms with Gasteiger partial charge in [-0.2, -0.15) is 0 Å². The van der Waals surface area contributed by atoms with Gasteiger partial charge in [-0.15, -0.1) is 0 Å². The smallest absolute Gasteiger partial charge is 0.137 e. The molecule has 1 aromatic rings. The third kappa shape index (κ3) is 3.08. The third-order valence-corrected chi connectivity index (χ3v) is 4.28. The topological polar surface area (TPSA) is 42.4 Å². The van der Waals surface area contributed by atoms with E-state index in [1.807, 2.05) is 6.07 Å². The van der Waals surface area contributed by atoms with Crippen LogP contribution in [0.2, 0.25) is 0 Å². The highest BCUT2D eigenvalue weighted by molar-refractivity contribution is 5.26. The number of rotatable bonds is 5. The van der Waals surface area contributed by atoms with Gasteiger partial charge in [-0.3, -0.25) is 4.98 Å². The molecule has 2 rings (SSSR count). The van der Waals surface area contributed by atoms with Crippen LogP contribution in [0.1, 0.15) is 57.6 Å². The number of aliphatic hydroxyl groups excluding tert-OH is 1. The second kappa shape index (κ2) is 5.91. The van der Waals surface area contributed by atoms with Gasteiger partial charge in [0.1, 0.15) is 5.75 Å². The summed E-state index contributed by atoms with van der Waals surface area (Å²) >= 11 is 0. The number of hydrogen-bond acceptors (Lipinski definition) is 3. The Kier molecular flexibility index (Phi) is 4.46. The Balaban J connectivity index is 2.25. The number of aliphatic hydroxyl groups is 1. The van der Waals surface area contributed by atoms with Crippen LogP contribution in [0.15, 0.2) is 18.5 Å². The maximum Gasteiger partial charge on any atom is 0.137 e. The number of aromatic nitrogens is 1. The van der Waals surface area contributed by atoms with Gasteiger partial charge in [0.25, 0.3) is 0 Å². The second-order valence-corrected chi connectivity index (χ2v) is 6.23. The number of methoxy groups -OCH3 is 1. The molecule has 1 saturated carbocycles. The van der Waals surface area contributed by atoms with E-state index in [0.717, 1.165) is 24.8 Å². The summed E-state index contributed by atoms with van der Waals surface area (Å²) in [6.45, 7) is 4.47. The van der Waals surface area contributed by atoms with Gasteiger partial charge in [0, 0.05) is 17.2 Å². The Morgan fingerprint density at radius 1 is 1.32 bits per heavy atom. The van der Waals surface area contributed by atoms with Crippen LogP contribution < -0.4 is 4.74 Å². The lowest BCUT2D eigenvalue weighted by Crippen LogP contribution is -2.28. The molecule has 1 aromatic heterocycles. The third-order valence-electron chi connectivity index (χ3n) is 4.28. The van der Waals surface area contributed by atoms with Crippen LogP contribution in [0.3, 0.4) is 0 Å². The largest absolute Gasteiger partial charge is 0.495 e. The van der Waals surface area contributed by atoms with Crippen LogP contribution in [-0.2, 0) is 0 Å². The molecule has 3 nitrogen and oxygen atoms in total. The van der Waals surface area contributed by atoms with Gasteiger partial charge in [0.15, 0.2) is 0 Å². The molecule has 1 N–H and O–H groups in total.